The van der Waals surface area contributed by atoms with Gasteiger partial charge in [0.25, 0.3) is 0 Å². The molecule has 0 bridgehead atoms. The van der Waals surface area contributed by atoms with Crippen molar-refractivity contribution in [3.8, 4) is 0 Å². The summed E-state index contributed by atoms with van der Waals surface area (Å²) in [4.78, 5) is 10.7. The smallest absolute Gasteiger partial charge is 0.485 e. The molecule has 0 aliphatic heterocycles. The van der Waals surface area contributed by atoms with Gasteiger partial charge in [-0.15, -0.1) is 0 Å². The Labute approximate surface area is 74.5 Å². The van der Waals surface area contributed by atoms with Crippen LogP contribution in [0, 0.1) is 5.92 Å². The fourth-order valence-corrected chi connectivity index (χ4v) is 0.332. The van der Waals surface area contributed by atoms with Crippen molar-refractivity contribution in [2.45, 2.75) is 33.8 Å². The van der Waals surface area contributed by atoms with E-state index in [1.165, 1.54) is 0 Å². The molecule has 0 aliphatic carbocycles. The Morgan fingerprint density at radius 1 is 1.40 bits per heavy atom. The summed E-state index contributed by atoms with van der Waals surface area (Å²) in [5.41, 5.74) is 0. The largest absolute Gasteiger partial charge is 1.00 e. The van der Waals surface area contributed by atoms with E-state index >= 15 is 0 Å². The van der Waals surface area contributed by atoms with Crippen molar-refractivity contribution in [2.75, 3.05) is 0 Å². The Morgan fingerprint density at radius 3 is 1.90 bits per heavy atom. The van der Waals surface area contributed by atoms with Crippen LogP contribution in [0.25, 0.3) is 0 Å². The maximum absolute atomic E-state index is 10.7. The number of hydrogen-bond acceptors (Lipinski definition) is 2. The normalized spacial score (nSPS) is 8.50. The van der Waals surface area contributed by atoms with E-state index in [1.807, 2.05) is 13.8 Å². The van der Waals surface area contributed by atoms with Gasteiger partial charge in [-0.05, 0) is 13.8 Å². The Bertz CT molecular complexity index is 99.8. The molecule has 0 N–H and O–H groups in total. The average molecular weight is 136 g/mol. The fourth-order valence-electron chi connectivity index (χ4n) is 0.332. The first-order valence-electron chi connectivity index (χ1n) is 3.05. The third kappa shape index (κ3) is 6.06. The van der Waals surface area contributed by atoms with Crippen LogP contribution in [0.1, 0.15) is 27.7 Å². The second-order valence-electron chi connectivity index (χ2n) is 2.45. The van der Waals surface area contributed by atoms with Gasteiger partial charge in [0.1, 0.15) is 0 Å². The molecular formula is C7H13LiO2. The van der Waals surface area contributed by atoms with Gasteiger partial charge in [-0.1, -0.05) is 0 Å². The van der Waals surface area contributed by atoms with E-state index in [9.17, 15) is 4.79 Å². The molecule has 0 atom stereocenters. The van der Waals surface area contributed by atoms with E-state index in [-0.39, 0.29) is 30.9 Å². The molecule has 0 amide bonds. The van der Waals surface area contributed by atoms with Gasteiger partial charge in [0.15, 0.2) is 5.97 Å². The Morgan fingerprint density at radius 2 is 1.80 bits per heavy atom. The van der Waals surface area contributed by atoms with Crippen molar-refractivity contribution < 1.29 is 28.4 Å². The molecule has 0 aliphatic rings. The first kappa shape index (κ1) is 12.6. The summed E-state index contributed by atoms with van der Waals surface area (Å²) in [5, 5.41) is 0. The SMILES string of the molecule is C[C-](C)C(=O)OC(C)C.[Li+]. The van der Waals surface area contributed by atoms with Gasteiger partial charge < -0.3 is 4.74 Å². The van der Waals surface area contributed by atoms with Gasteiger partial charge in [0, 0.05) is 0 Å². The molecule has 0 fully saturated rings. The van der Waals surface area contributed by atoms with Gasteiger partial charge in [-0.2, -0.15) is 13.8 Å². The first-order valence-corrected chi connectivity index (χ1v) is 3.05. The van der Waals surface area contributed by atoms with Crippen LogP contribution in [0.5, 0.6) is 0 Å². The van der Waals surface area contributed by atoms with E-state index < -0.39 is 0 Å². The molecule has 0 aromatic rings. The second-order valence-corrected chi connectivity index (χ2v) is 2.45. The molecule has 0 aromatic heterocycles. The predicted octanol–water partition coefficient (Wildman–Crippen LogP) is -1.44. The zero-order chi connectivity index (χ0) is 7.44. The van der Waals surface area contributed by atoms with E-state index in [4.69, 9.17) is 4.74 Å². The monoisotopic (exact) mass is 136 g/mol. The Balaban J connectivity index is 0. The van der Waals surface area contributed by atoms with Crippen molar-refractivity contribution >= 4 is 5.97 Å². The van der Waals surface area contributed by atoms with Gasteiger partial charge in [-0.25, -0.2) is 0 Å². The maximum Gasteiger partial charge on any atom is 1.00 e. The molecule has 54 valence electrons. The predicted molar refractivity (Wildman–Crippen MR) is 35.8 cm³/mol. The number of ether oxygens (including phenoxy) is 1. The minimum absolute atomic E-state index is 0. The van der Waals surface area contributed by atoms with Crippen molar-refractivity contribution in [3.63, 3.8) is 0 Å². The van der Waals surface area contributed by atoms with Crippen molar-refractivity contribution in [3.05, 3.63) is 5.92 Å². The number of hydrogen-bond donors (Lipinski definition) is 0. The standard InChI is InChI=1S/C7H13O2.Li/c1-5(2)7(8)9-6(3)4;/h6H,1-4H3;/q-1;+1. The summed E-state index contributed by atoms with van der Waals surface area (Å²) in [5.74, 6) is 0.494. The summed E-state index contributed by atoms with van der Waals surface area (Å²) in [6.07, 6.45) is -0.00704. The zero-order valence-corrected chi connectivity index (χ0v) is 7.39. The number of carbonyl (C=O) groups is 1. The molecule has 2 nitrogen and oxygen atoms in total. The molecule has 0 aromatic carbocycles. The Hall–Kier alpha value is -0.0626. The topological polar surface area (TPSA) is 26.3 Å². The van der Waals surface area contributed by atoms with Gasteiger partial charge in [0.2, 0.25) is 0 Å². The van der Waals surface area contributed by atoms with Crippen LogP contribution in [0.15, 0.2) is 0 Å². The van der Waals surface area contributed by atoms with Crippen LogP contribution in [0.3, 0.4) is 0 Å². The van der Waals surface area contributed by atoms with Crippen LogP contribution in [-0.2, 0) is 9.53 Å². The summed E-state index contributed by atoms with van der Waals surface area (Å²) in [6, 6.07) is 0. The zero-order valence-electron chi connectivity index (χ0n) is 7.39. The van der Waals surface area contributed by atoms with E-state index in [0.717, 1.165) is 0 Å². The van der Waals surface area contributed by atoms with Gasteiger partial charge in [0.05, 0.1) is 6.10 Å². The minimum atomic E-state index is -0.204. The molecule has 0 radical (unpaired) electrons. The molecule has 0 spiro atoms. The molecule has 0 unspecified atom stereocenters. The molecule has 0 saturated carbocycles. The van der Waals surface area contributed by atoms with E-state index in [2.05, 4.69) is 0 Å². The van der Waals surface area contributed by atoms with Crippen LogP contribution < -0.4 is 18.9 Å². The summed E-state index contributed by atoms with van der Waals surface area (Å²) in [6.45, 7) is 7.15. The molecule has 10 heavy (non-hydrogen) atoms. The number of rotatable bonds is 2. The van der Waals surface area contributed by atoms with Crippen LogP contribution in [0.2, 0.25) is 0 Å². The minimum Gasteiger partial charge on any atom is -0.485 e. The maximum atomic E-state index is 10.7. The van der Waals surface area contributed by atoms with Gasteiger partial charge in [-0.3, -0.25) is 10.7 Å². The second kappa shape index (κ2) is 5.70. The molecular weight excluding hydrogens is 123 g/mol. The van der Waals surface area contributed by atoms with Gasteiger partial charge >= 0.3 is 18.9 Å². The van der Waals surface area contributed by atoms with Crippen LogP contribution in [0.4, 0.5) is 0 Å². The molecule has 3 heteroatoms. The summed E-state index contributed by atoms with van der Waals surface area (Å²) >= 11 is 0. The average Bonchev–Trinajstić information content (AvgIpc) is 1.63. The van der Waals surface area contributed by atoms with E-state index in [0.29, 0.717) is 5.92 Å². The van der Waals surface area contributed by atoms with Crippen molar-refractivity contribution in [1.29, 1.82) is 0 Å². The van der Waals surface area contributed by atoms with Crippen molar-refractivity contribution in [2.24, 2.45) is 0 Å². The summed E-state index contributed by atoms with van der Waals surface area (Å²) in [7, 11) is 0. The summed E-state index contributed by atoms with van der Waals surface area (Å²) < 4.78 is 4.84. The molecule has 0 heterocycles. The molecule has 0 saturated heterocycles. The Kier molecular flexibility index (Phi) is 7.18. The molecule has 0 rings (SSSR count). The third-order valence-electron chi connectivity index (χ3n) is 0.751. The quantitative estimate of drug-likeness (QED) is 0.264. The van der Waals surface area contributed by atoms with Crippen molar-refractivity contribution in [1.82, 2.24) is 0 Å². The number of carbonyl (C=O) groups excluding carboxylic acids is 1. The first-order chi connectivity index (χ1) is 4.04. The van der Waals surface area contributed by atoms with Crippen LogP contribution >= 0.6 is 0 Å². The van der Waals surface area contributed by atoms with E-state index in [1.54, 1.807) is 13.8 Å². The van der Waals surface area contributed by atoms with Crippen LogP contribution in [-0.4, -0.2) is 12.1 Å². The fraction of sp³-hybridized carbons (Fsp3) is 0.714. The number of esters is 1. The third-order valence-corrected chi connectivity index (χ3v) is 0.751.